The monoisotopic (exact) mass is 559 g/mol. The zero-order valence-electron chi connectivity index (χ0n) is 22.0. The second-order valence-electron chi connectivity index (χ2n) is 9.94. The van der Waals surface area contributed by atoms with Gasteiger partial charge in [0.15, 0.2) is 11.4 Å². The minimum atomic E-state index is -1.45. The molecule has 0 bridgehead atoms. The molecule has 1 aromatic heterocycles. The number of fused-ring (bicyclic) bond motifs is 6. The van der Waals surface area contributed by atoms with Crippen LogP contribution in [0.1, 0.15) is 48.8 Å². The number of nitrogens with zero attached hydrogens (tertiary/aromatic N) is 4. The molecular weight excluding hydrogens is 538 g/mol. The van der Waals surface area contributed by atoms with Crippen LogP contribution in [0.5, 0.6) is 23.0 Å². The Hall–Kier alpha value is -5.84. The lowest BCUT2D eigenvalue weighted by atomic mass is 9.77. The predicted octanol–water partition coefficient (Wildman–Crippen LogP) is 4.15. The number of carbonyl (C=O) groups excluding carboxylic acids is 2. The third kappa shape index (κ3) is 3.98. The lowest BCUT2D eigenvalue weighted by Gasteiger charge is -2.36. The molecule has 1 spiro atoms. The number of hydrogen-bond acceptors (Lipinski definition) is 10. The van der Waals surface area contributed by atoms with Crippen LogP contribution < -0.4 is 10.1 Å². The fourth-order valence-corrected chi connectivity index (χ4v) is 5.29. The van der Waals surface area contributed by atoms with Crippen LogP contribution in [-0.4, -0.2) is 42.5 Å². The van der Waals surface area contributed by atoms with Gasteiger partial charge in [0.1, 0.15) is 23.0 Å². The number of phenols is 2. The summed E-state index contributed by atoms with van der Waals surface area (Å²) in [6, 6.07) is 21.1. The SMILES string of the molecule is Cc1nnc(-c2ccc(CNC(=O)c3ccc4c(c3)C3(OC4=O)c4ccc(O)cc4Oc4cc(O)ccc43)cc2)nn1. The van der Waals surface area contributed by atoms with Crippen LogP contribution in [-0.2, 0) is 16.9 Å². The van der Waals surface area contributed by atoms with Crippen molar-refractivity contribution < 1.29 is 29.3 Å². The molecule has 11 heteroatoms. The van der Waals surface area contributed by atoms with Gasteiger partial charge in [0.2, 0.25) is 5.82 Å². The number of nitrogens with one attached hydrogen (secondary N) is 1. The van der Waals surface area contributed by atoms with Crippen molar-refractivity contribution in [1.29, 1.82) is 0 Å². The maximum Gasteiger partial charge on any atom is 0.340 e. The Morgan fingerprint density at radius 1 is 0.810 bits per heavy atom. The molecule has 3 N–H and O–H groups in total. The average Bonchev–Trinajstić information content (AvgIpc) is 3.28. The first kappa shape index (κ1) is 25.1. The van der Waals surface area contributed by atoms with Crippen LogP contribution >= 0.6 is 0 Å². The summed E-state index contributed by atoms with van der Waals surface area (Å²) in [6.45, 7) is 1.96. The lowest BCUT2D eigenvalue weighted by Crippen LogP contribution is -2.33. The number of esters is 1. The van der Waals surface area contributed by atoms with E-state index in [1.807, 2.05) is 24.3 Å². The maximum atomic E-state index is 13.3. The first-order valence-corrected chi connectivity index (χ1v) is 13.0. The number of rotatable bonds is 4. The van der Waals surface area contributed by atoms with Crippen molar-refractivity contribution in [2.24, 2.45) is 0 Å². The second kappa shape index (κ2) is 9.37. The highest BCUT2D eigenvalue weighted by atomic mass is 16.6. The number of hydrogen-bond donors (Lipinski definition) is 3. The number of phenolic OH excluding ortho intramolecular Hbond substituents is 2. The molecule has 0 saturated heterocycles. The quantitative estimate of drug-likeness (QED) is 0.273. The Morgan fingerprint density at radius 2 is 1.45 bits per heavy atom. The Morgan fingerprint density at radius 3 is 2.10 bits per heavy atom. The fourth-order valence-electron chi connectivity index (χ4n) is 5.29. The number of benzene rings is 4. The summed E-state index contributed by atoms with van der Waals surface area (Å²) in [7, 11) is 0. The van der Waals surface area contributed by atoms with Crippen LogP contribution in [0.4, 0.5) is 0 Å². The molecule has 2 aliphatic rings. The first-order chi connectivity index (χ1) is 20.3. The van der Waals surface area contributed by atoms with Crippen molar-refractivity contribution in [3.05, 3.63) is 118 Å². The minimum Gasteiger partial charge on any atom is -0.508 e. The van der Waals surface area contributed by atoms with Gasteiger partial charge >= 0.3 is 5.97 Å². The molecule has 206 valence electrons. The van der Waals surface area contributed by atoms with Crippen molar-refractivity contribution >= 4 is 11.9 Å². The van der Waals surface area contributed by atoms with Gasteiger partial charge < -0.3 is 25.0 Å². The fraction of sp³-hybridized carbons (Fsp3) is 0.0968. The number of amides is 1. The molecule has 2 aliphatic heterocycles. The van der Waals surface area contributed by atoms with Gasteiger partial charge in [0, 0.05) is 46.5 Å². The number of carbonyl (C=O) groups is 2. The molecule has 0 fully saturated rings. The van der Waals surface area contributed by atoms with Gasteiger partial charge in [-0.05, 0) is 55.0 Å². The largest absolute Gasteiger partial charge is 0.508 e. The van der Waals surface area contributed by atoms with E-state index in [1.165, 1.54) is 24.3 Å². The summed E-state index contributed by atoms with van der Waals surface area (Å²) < 4.78 is 12.1. The summed E-state index contributed by atoms with van der Waals surface area (Å²) in [6.07, 6.45) is 0. The molecule has 0 atom stereocenters. The van der Waals surface area contributed by atoms with Gasteiger partial charge in [-0.25, -0.2) is 4.79 Å². The van der Waals surface area contributed by atoms with Crippen LogP contribution in [0.15, 0.2) is 78.9 Å². The molecule has 1 amide bonds. The van der Waals surface area contributed by atoms with Crippen molar-refractivity contribution in [3.63, 3.8) is 0 Å². The molecule has 0 aliphatic carbocycles. The third-order valence-electron chi connectivity index (χ3n) is 7.28. The highest BCUT2D eigenvalue weighted by Crippen LogP contribution is 2.57. The molecule has 11 nitrogen and oxygen atoms in total. The molecule has 7 rings (SSSR count). The van der Waals surface area contributed by atoms with E-state index < -0.39 is 11.6 Å². The van der Waals surface area contributed by atoms with Crippen molar-refractivity contribution in [2.45, 2.75) is 19.1 Å². The van der Waals surface area contributed by atoms with E-state index in [0.29, 0.717) is 39.5 Å². The van der Waals surface area contributed by atoms with Crippen LogP contribution in [0.3, 0.4) is 0 Å². The highest BCUT2D eigenvalue weighted by Gasteiger charge is 2.53. The summed E-state index contributed by atoms with van der Waals surface area (Å²) >= 11 is 0. The van der Waals surface area contributed by atoms with Crippen molar-refractivity contribution in [1.82, 2.24) is 25.7 Å². The summed E-state index contributed by atoms with van der Waals surface area (Å²) in [5.74, 6) is 0.396. The van der Waals surface area contributed by atoms with Crippen LogP contribution in [0.2, 0.25) is 0 Å². The van der Waals surface area contributed by atoms with Gasteiger partial charge in [-0.2, -0.15) is 0 Å². The van der Waals surface area contributed by atoms with Gasteiger partial charge in [-0.15, -0.1) is 20.4 Å². The molecule has 0 unspecified atom stereocenters. The molecule has 3 heterocycles. The van der Waals surface area contributed by atoms with Gasteiger partial charge in [-0.1, -0.05) is 24.3 Å². The molecular formula is C31H21N5O6. The number of aromatic nitrogens is 4. The van der Waals surface area contributed by atoms with E-state index >= 15 is 0 Å². The topological polar surface area (TPSA) is 157 Å². The number of aromatic hydroxyl groups is 2. The predicted molar refractivity (Wildman–Crippen MR) is 147 cm³/mol. The molecule has 5 aromatic rings. The first-order valence-electron chi connectivity index (χ1n) is 13.0. The molecule has 0 radical (unpaired) electrons. The Kier molecular flexibility index (Phi) is 5.61. The van der Waals surface area contributed by atoms with Crippen LogP contribution in [0, 0.1) is 6.92 Å². The Labute approximate surface area is 238 Å². The van der Waals surface area contributed by atoms with E-state index in [1.54, 1.807) is 37.3 Å². The molecule has 0 saturated carbocycles. The highest BCUT2D eigenvalue weighted by molar-refractivity contribution is 6.00. The number of ether oxygens (including phenoxy) is 2. The zero-order valence-corrected chi connectivity index (χ0v) is 22.0. The number of aryl methyl sites for hydroxylation is 1. The van der Waals surface area contributed by atoms with E-state index in [9.17, 15) is 19.8 Å². The summed E-state index contributed by atoms with van der Waals surface area (Å²) in [4.78, 5) is 26.5. The van der Waals surface area contributed by atoms with E-state index in [-0.39, 0.29) is 35.4 Å². The lowest BCUT2D eigenvalue weighted by molar-refractivity contribution is 0.0224. The van der Waals surface area contributed by atoms with Crippen molar-refractivity contribution in [3.8, 4) is 34.4 Å². The van der Waals surface area contributed by atoms with E-state index in [2.05, 4.69) is 25.7 Å². The standard InChI is InChI=1S/C31H21N5O6/c1-16-33-35-28(36-34-16)18-4-2-17(3-5-18)15-32-29(39)19-6-9-22-25(12-19)31(42-30(22)40)23-10-7-20(37)13-26(23)41-27-14-21(38)8-11-24(27)31/h2-14,37-38H,15H2,1H3,(H,32,39). The molecule has 4 aromatic carbocycles. The Bertz CT molecular complexity index is 1860. The average molecular weight is 560 g/mol. The minimum absolute atomic E-state index is 0.0436. The van der Waals surface area contributed by atoms with Gasteiger partial charge in [0.25, 0.3) is 5.91 Å². The third-order valence-corrected chi connectivity index (χ3v) is 7.28. The van der Waals surface area contributed by atoms with Crippen molar-refractivity contribution in [2.75, 3.05) is 0 Å². The van der Waals surface area contributed by atoms with Gasteiger partial charge in [0.05, 0.1) is 5.56 Å². The Balaban J connectivity index is 1.21. The van der Waals surface area contributed by atoms with Gasteiger partial charge in [-0.3, -0.25) is 4.79 Å². The zero-order chi connectivity index (χ0) is 29.0. The maximum absolute atomic E-state index is 13.3. The van der Waals surface area contributed by atoms with E-state index in [0.717, 1.165) is 11.1 Å². The second-order valence-corrected chi connectivity index (χ2v) is 9.94. The van der Waals surface area contributed by atoms with Crippen LogP contribution in [0.25, 0.3) is 11.4 Å². The molecule has 42 heavy (non-hydrogen) atoms. The van der Waals surface area contributed by atoms with E-state index in [4.69, 9.17) is 9.47 Å². The summed E-state index contributed by atoms with van der Waals surface area (Å²) in [5.41, 5.74) is 2.17. The summed E-state index contributed by atoms with van der Waals surface area (Å²) in [5, 5.41) is 39.1. The normalized spacial score (nSPS) is 13.9. The smallest absolute Gasteiger partial charge is 0.340 e.